The van der Waals surface area contributed by atoms with Crippen molar-refractivity contribution in [1.82, 2.24) is 19.6 Å². The van der Waals surface area contributed by atoms with E-state index in [1.807, 2.05) is 0 Å². The molecule has 1 amide bonds. The number of rotatable bonds is 5. The van der Waals surface area contributed by atoms with Crippen molar-refractivity contribution in [2.24, 2.45) is 0 Å². The van der Waals surface area contributed by atoms with Crippen LogP contribution in [0.15, 0.2) is 0 Å². The Hall–Kier alpha value is -0.650. The maximum Gasteiger partial charge on any atom is 0.237 e. The van der Waals surface area contributed by atoms with E-state index in [-0.39, 0.29) is 0 Å². The zero-order valence-corrected chi connectivity index (χ0v) is 16.0. The van der Waals surface area contributed by atoms with Crippen LogP contribution >= 0.6 is 0 Å². The molecule has 5 nitrogen and oxygen atoms in total. The van der Waals surface area contributed by atoms with Gasteiger partial charge >= 0.3 is 0 Å². The van der Waals surface area contributed by atoms with Crippen LogP contribution < -0.4 is 0 Å². The first-order valence-electron chi connectivity index (χ1n) is 10.7. The molecule has 4 aliphatic rings. The van der Waals surface area contributed by atoms with Gasteiger partial charge in [-0.1, -0.05) is 12.8 Å². The fraction of sp³-hybridized carbons (Fsp3) is 0.950. The minimum absolute atomic E-state index is 0.417. The van der Waals surface area contributed by atoms with Gasteiger partial charge in [-0.3, -0.25) is 14.6 Å². The molecule has 2 saturated heterocycles. The van der Waals surface area contributed by atoms with Gasteiger partial charge in [0.2, 0.25) is 5.91 Å². The third-order valence-corrected chi connectivity index (χ3v) is 6.83. The number of hydrogen-bond acceptors (Lipinski definition) is 4. The van der Waals surface area contributed by atoms with E-state index in [2.05, 4.69) is 26.6 Å². The summed E-state index contributed by atoms with van der Waals surface area (Å²) >= 11 is 0. The molecule has 2 aliphatic carbocycles. The molecule has 0 unspecified atom stereocenters. The summed E-state index contributed by atoms with van der Waals surface area (Å²) in [4.78, 5) is 22.8. The Morgan fingerprint density at radius 3 is 2.20 bits per heavy atom. The third kappa shape index (κ3) is 4.37. The van der Waals surface area contributed by atoms with Gasteiger partial charge in [0.05, 0.1) is 6.54 Å². The molecule has 25 heavy (non-hydrogen) atoms. The number of piperidine rings is 1. The second kappa shape index (κ2) is 7.93. The van der Waals surface area contributed by atoms with Crippen LogP contribution in [-0.4, -0.2) is 96.5 Å². The summed E-state index contributed by atoms with van der Waals surface area (Å²) in [6, 6.07) is 1.87. The van der Waals surface area contributed by atoms with Gasteiger partial charge in [0.15, 0.2) is 0 Å². The van der Waals surface area contributed by atoms with Gasteiger partial charge in [0, 0.05) is 50.8 Å². The highest BCUT2D eigenvalue weighted by atomic mass is 16.2. The molecule has 0 bridgehead atoms. The van der Waals surface area contributed by atoms with E-state index in [0.29, 0.717) is 24.5 Å². The van der Waals surface area contributed by atoms with E-state index < -0.39 is 0 Å². The largest absolute Gasteiger partial charge is 0.336 e. The molecule has 2 heterocycles. The topological polar surface area (TPSA) is 30.0 Å². The second-order valence-corrected chi connectivity index (χ2v) is 8.84. The number of likely N-dealkylation sites (N-methyl/N-ethyl adjacent to an activating group) is 1. The summed E-state index contributed by atoms with van der Waals surface area (Å²) in [7, 11) is 2.25. The van der Waals surface area contributed by atoms with E-state index in [1.54, 1.807) is 0 Å². The Morgan fingerprint density at radius 1 is 0.880 bits per heavy atom. The Kier molecular flexibility index (Phi) is 5.63. The van der Waals surface area contributed by atoms with Crippen LogP contribution in [0, 0.1) is 0 Å². The number of hydrogen-bond donors (Lipinski definition) is 0. The predicted molar refractivity (Wildman–Crippen MR) is 101 cm³/mol. The summed E-state index contributed by atoms with van der Waals surface area (Å²) in [6.07, 6.45) is 10.3. The lowest BCUT2D eigenvalue weighted by Gasteiger charge is -2.43. The Morgan fingerprint density at radius 2 is 1.56 bits per heavy atom. The van der Waals surface area contributed by atoms with Crippen LogP contribution in [0.3, 0.4) is 0 Å². The average Bonchev–Trinajstić information content (AvgIpc) is 3.29. The van der Waals surface area contributed by atoms with Crippen molar-refractivity contribution in [3.8, 4) is 0 Å². The minimum Gasteiger partial charge on any atom is -0.336 e. The Labute approximate surface area is 153 Å². The normalized spacial score (nSPS) is 30.7. The number of nitrogens with zero attached hydrogens (tertiary/aromatic N) is 4. The van der Waals surface area contributed by atoms with Gasteiger partial charge in [-0.2, -0.15) is 0 Å². The van der Waals surface area contributed by atoms with E-state index in [4.69, 9.17) is 0 Å². The third-order valence-electron chi connectivity index (χ3n) is 6.83. The molecule has 0 radical (unpaired) electrons. The van der Waals surface area contributed by atoms with E-state index in [0.717, 1.165) is 32.2 Å². The molecule has 1 atom stereocenters. The maximum atomic E-state index is 13.0. The summed E-state index contributed by atoms with van der Waals surface area (Å²) in [5, 5.41) is 0. The summed E-state index contributed by atoms with van der Waals surface area (Å²) < 4.78 is 0. The van der Waals surface area contributed by atoms with Gasteiger partial charge in [-0.05, 0) is 52.1 Å². The molecular formula is C20H36N4O. The van der Waals surface area contributed by atoms with Crippen LogP contribution in [0.5, 0.6) is 0 Å². The predicted octanol–water partition coefficient (Wildman–Crippen LogP) is 1.63. The molecule has 2 saturated carbocycles. The van der Waals surface area contributed by atoms with Crippen molar-refractivity contribution in [2.75, 3.05) is 52.9 Å². The standard InChI is InChI=1S/C20H36N4O/c1-21-10-4-7-19(15-21)23-13-11-22(12-14-23)16-20(25)24(18-8-9-18)17-5-2-3-6-17/h17-19H,2-16H2,1H3/t19-/m1/s1. The first-order valence-corrected chi connectivity index (χ1v) is 10.7. The fourth-order valence-electron chi connectivity index (χ4n) is 5.24. The summed E-state index contributed by atoms with van der Waals surface area (Å²) in [5.74, 6) is 0.417. The van der Waals surface area contributed by atoms with Crippen molar-refractivity contribution in [3.63, 3.8) is 0 Å². The molecule has 142 valence electrons. The van der Waals surface area contributed by atoms with Crippen LogP contribution in [0.1, 0.15) is 51.4 Å². The van der Waals surface area contributed by atoms with Crippen molar-refractivity contribution in [3.05, 3.63) is 0 Å². The fourth-order valence-corrected chi connectivity index (χ4v) is 5.24. The Bertz CT molecular complexity index is 453. The first-order chi connectivity index (χ1) is 12.2. The molecule has 0 N–H and O–H groups in total. The highest BCUT2D eigenvalue weighted by Gasteiger charge is 2.39. The van der Waals surface area contributed by atoms with E-state index in [9.17, 15) is 4.79 Å². The number of carbonyl (C=O) groups is 1. The zero-order chi connectivity index (χ0) is 17.2. The first kappa shape index (κ1) is 17.7. The van der Waals surface area contributed by atoms with E-state index in [1.165, 1.54) is 64.5 Å². The van der Waals surface area contributed by atoms with Crippen molar-refractivity contribution >= 4 is 5.91 Å². The lowest BCUT2D eigenvalue weighted by Crippen LogP contribution is -2.56. The van der Waals surface area contributed by atoms with Crippen LogP contribution in [0.4, 0.5) is 0 Å². The van der Waals surface area contributed by atoms with Crippen LogP contribution in [-0.2, 0) is 4.79 Å². The number of piperazine rings is 1. The lowest BCUT2D eigenvalue weighted by molar-refractivity contribution is -0.135. The van der Waals surface area contributed by atoms with Gasteiger partial charge in [0.25, 0.3) is 0 Å². The Balaban J connectivity index is 1.25. The monoisotopic (exact) mass is 348 g/mol. The molecule has 5 heteroatoms. The van der Waals surface area contributed by atoms with E-state index >= 15 is 0 Å². The quantitative estimate of drug-likeness (QED) is 0.755. The van der Waals surface area contributed by atoms with Crippen LogP contribution in [0.2, 0.25) is 0 Å². The lowest BCUT2D eigenvalue weighted by atomic mass is 10.0. The smallest absolute Gasteiger partial charge is 0.237 e. The van der Waals surface area contributed by atoms with Crippen molar-refractivity contribution < 1.29 is 4.79 Å². The minimum atomic E-state index is 0.417. The number of likely N-dealkylation sites (tertiary alicyclic amines) is 1. The molecule has 0 aromatic rings. The van der Waals surface area contributed by atoms with Crippen LogP contribution in [0.25, 0.3) is 0 Å². The average molecular weight is 349 g/mol. The molecular weight excluding hydrogens is 312 g/mol. The molecule has 0 aromatic heterocycles. The zero-order valence-electron chi connectivity index (χ0n) is 16.0. The second-order valence-electron chi connectivity index (χ2n) is 8.84. The van der Waals surface area contributed by atoms with Gasteiger partial charge in [-0.25, -0.2) is 0 Å². The van der Waals surface area contributed by atoms with Gasteiger partial charge in [0.1, 0.15) is 0 Å². The molecule has 0 aromatic carbocycles. The highest BCUT2D eigenvalue weighted by Crippen LogP contribution is 2.34. The van der Waals surface area contributed by atoms with Gasteiger partial charge < -0.3 is 9.80 Å². The van der Waals surface area contributed by atoms with Crippen molar-refractivity contribution in [2.45, 2.75) is 69.5 Å². The highest BCUT2D eigenvalue weighted by molar-refractivity contribution is 5.79. The summed E-state index contributed by atoms with van der Waals surface area (Å²) in [6.45, 7) is 7.53. The molecule has 4 rings (SSSR count). The number of amides is 1. The maximum absolute atomic E-state index is 13.0. The molecule has 0 spiro atoms. The van der Waals surface area contributed by atoms with Crippen molar-refractivity contribution in [1.29, 1.82) is 0 Å². The molecule has 4 fully saturated rings. The SMILES string of the molecule is CN1CCC[C@@H](N2CCN(CC(=O)N(C3CCCC3)C3CC3)CC2)C1. The molecule has 2 aliphatic heterocycles. The summed E-state index contributed by atoms with van der Waals surface area (Å²) in [5.41, 5.74) is 0. The number of carbonyl (C=O) groups excluding carboxylic acids is 1. The van der Waals surface area contributed by atoms with Gasteiger partial charge in [-0.15, -0.1) is 0 Å².